The van der Waals surface area contributed by atoms with Crippen LogP contribution < -0.4 is 0 Å². The van der Waals surface area contributed by atoms with Crippen LogP contribution in [0.1, 0.15) is 34.6 Å². The van der Waals surface area contributed by atoms with Gasteiger partial charge < -0.3 is 14.6 Å². The van der Waals surface area contributed by atoms with Crippen molar-refractivity contribution in [3.05, 3.63) is 23.8 Å². The fourth-order valence-electron chi connectivity index (χ4n) is 4.79. The lowest BCUT2D eigenvalue weighted by molar-refractivity contribution is -0.162. The molecule has 1 aliphatic heterocycles. The van der Waals surface area contributed by atoms with E-state index >= 15 is 0 Å². The number of esters is 2. The Hall–Kier alpha value is -1.95. The third-order valence-corrected chi connectivity index (χ3v) is 6.29. The molecule has 0 bridgehead atoms. The number of carbonyl (C=O) groups is 3. The highest BCUT2D eigenvalue weighted by molar-refractivity contribution is 5.98. The number of hydrogen-bond donors (Lipinski definition) is 1. The molecule has 0 amide bonds. The average molecular weight is 362 g/mol. The summed E-state index contributed by atoms with van der Waals surface area (Å²) in [5, 5.41) is 10.8. The summed E-state index contributed by atoms with van der Waals surface area (Å²) >= 11 is 0. The van der Waals surface area contributed by atoms with Crippen LogP contribution in [0.25, 0.3) is 0 Å². The van der Waals surface area contributed by atoms with Crippen molar-refractivity contribution < 1.29 is 29.0 Å². The summed E-state index contributed by atoms with van der Waals surface area (Å²) in [6.45, 7) is 8.86. The molecule has 6 heteroatoms. The van der Waals surface area contributed by atoms with Gasteiger partial charge in [-0.2, -0.15) is 0 Å². The first-order valence-corrected chi connectivity index (χ1v) is 9.05. The molecule has 1 saturated carbocycles. The van der Waals surface area contributed by atoms with E-state index in [-0.39, 0.29) is 17.6 Å². The van der Waals surface area contributed by atoms with E-state index in [0.717, 1.165) is 5.57 Å². The van der Waals surface area contributed by atoms with E-state index in [2.05, 4.69) is 0 Å². The Labute approximate surface area is 153 Å². The molecule has 2 fully saturated rings. The standard InChI is InChI=1S/C20H26O6/c1-9(2)8-14(22)25-18-15-11(4)19(24)26-17(15)16(23)10(3)12-6-7-13(21)20(12,18)5/h6-8,10-12,15-18,23H,1-5H3/t10-,11?,12-,15+,16+,17-,18-,20-/m1/s1. The first kappa shape index (κ1) is 18.8. The molecule has 2 aliphatic carbocycles. The molecule has 3 rings (SSSR count). The van der Waals surface area contributed by atoms with Crippen LogP contribution in [0.2, 0.25) is 0 Å². The quantitative estimate of drug-likeness (QED) is 0.595. The largest absolute Gasteiger partial charge is 0.459 e. The molecule has 0 spiro atoms. The van der Waals surface area contributed by atoms with Crippen molar-refractivity contribution in [2.24, 2.45) is 29.1 Å². The van der Waals surface area contributed by atoms with Crippen LogP contribution in [-0.4, -0.2) is 41.1 Å². The van der Waals surface area contributed by atoms with E-state index in [1.54, 1.807) is 33.8 Å². The summed E-state index contributed by atoms with van der Waals surface area (Å²) in [6.07, 6.45) is 2.07. The lowest BCUT2D eigenvalue weighted by Gasteiger charge is -2.40. The van der Waals surface area contributed by atoms with E-state index in [4.69, 9.17) is 9.47 Å². The van der Waals surface area contributed by atoms with Gasteiger partial charge in [-0.15, -0.1) is 0 Å². The molecular weight excluding hydrogens is 336 g/mol. The van der Waals surface area contributed by atoms with Crippen molar-refractivity contribution in [2.45, 2.75) is 52.9 Å². The van der Waals surface area contributed by atoms with Gasteiger partial charge in [0.05, 0.1) is 17.4 Å². The van der Waals surface area contributed by atoms with Crippen LogP contribution >= 0.6 is 0 Å². The predicted octanol–water partition coefficient (Wildman–Crippen LogP) is 1.81. The van der Waals surface area contributed by atoms with Gasteiger partial charge in [-0.05, 0) is 38.7 Å². The normalized spacial score (nSPS) is 44.0. The van der Waals surface area contributed by atoms with Crippen LogP contribution in [-0.2, 0) is 23.9 Å². The van der Waals surface area contributed by atoms with Gasteiger partial charge in [0, 0.05) is 12.0 Å². The minimum absolute atomic E-state index is 0.149. The number of fused-ring (bicyclic) bond motifs is 2. The van der Waals surface area contributed by atoms with Gasteiger partial charge in [-0.3, -0.25) is 9.59 Å². The molecule has 0 radical (unpaired) electrons. The van der Waals surface area contributed by atoms with Gasteiger partial charge in [0.2, 0.25) is 0 Å². The van der Waals surface area contributed by atoms with E-state index in [1.807, 2.05) is 6.92 Å². The SMILES string of the molecule is CC(C)=CC(=O)O[C@@H]1[C@H]2C(C)C(=O)O[C@H]2[C@@H](O)[C@H](C)[C@H]2C=CC(=O)[C@@]21C. The Bertz CT molecular complexity index is 703. The Morgan fingerprint density at radius 2 is 1.96 bits per heavy atom. The van der Waals surface area contributed by atoms with Gasteiger partial charge in [0.15, 0.2) is 5.78 Å². The van der Waals surface area contributed by atoms with Crippen molar-refractivity contribution in [1.82, 2.24) is 0 Å². The summed E-state index contributed by atoms with van der Waals surface area (Å²) in [5.74, 6) is -2.90. The third kappa shape index (κ3) is 2.62. The molecule has 6 nitrogen and oxygen atoms in total. The Balaban J connectivity index is 2.11. The Kier molecular flexibility index (Phi) is 4.59. The topological polar surface area (TPSA) is 89.9 Å². The number of carbonyl (C=O) groups excluding carboxylic acids is 3. The second-order valence-electron chi connectivity index (χ2n) is 8.23. The molecule has 142 valence electrons. The fraction of sp³-hybridized carbons (Fsp3) is 0.650. The predicted molar refractivity (Wildman–Crippen MR) is 92.8 cm³/mol. The summed E-state index contributed by atoms with van der Waals surface area (Å²) < 4.78 is 11.2. The second kappa shape index (κ2) is 6.34. The van der Waals surface area contributed by atoms with Crippen molar-refractivity contribution in [2.75, 3.05) is 0 Å². The molecule has 1 saturated heterocycles. The van der Waals surface area contributed by atoms with E-state index < -0.39 is 47.5 Å². The minimum atomic E-state index is -1.03. The van der Waals surface area contributed by atoms with E-state index in [1.165, 1.54) is 12.2 Å². The summed E-state index contributed by atoms with van der Waals surface area (Å²) in [7, 11) is 0. The highest BCUT2D eigenvalue weighted by Crippen LogP contribution is 2.54. The number of rotatable bonds is 2. The monoisotopic (exact) mass is 362 g/mol. The zero-order valence-corrected chi connectivity index (χ0v) is 15.8. The van der Waals surface area contributed by atoms with Crippen LogP contribution in [0.4, 0.5) is 0 Å². The van der Waals surface area contributed by atoms with E-state index in [9.17, 15) is 19.5 Å². The molecule has 1 unspecified atom stereocenters. The maximum absolute atomic E-state index is 12.8. The number of hydrogen-bond acceptors (Lipinski definition) is 6. The molecule has 3 aliphatic rings. The fourth-order valence-corrected chi connectivity index (χ4v) is 4.79. The number of ether oxygens (including phenoxy) is 2. The number of ketones is 1. The van der Waals surface area contributed by atoms with Crippen LogP contribution in [0.3, 0.4) is 0 Å². The number of aliphatic hydroxyl groups excluding tert-OH is 1. The summed E-state index contributed by atoms with van der Waals surface area (Å²) in [6, 6.07) is 0. The highest BCUT2D eigenvalue weighted by Gasteiger charge is 2.65. The van der Waals surface area contributed by atoms with Crippen molar-refractivity contribution in [3.8, 4) is 0 Å². The first-order valence-electron chi connectivity index (χ1n) is 9.05. The van der Waals surface area contributed by atoms with Gasteiger partial charge in [-0.1, -0.05) is 25.5 Å². The molecule has 1 N–H and O–H groups in total. The number of allylic oxidation sites excluding steroid dienone is 3. The van der Waals surface area contributed by atoms with Gasteiger partial charge in [0.1, 0.15) is 12.2 Å². The molecule has 0 aromatic rings. The van der Waals surface area contributed by atoms with Crippen LogP contribution in [0.15, 0.2) is 23.8 Å². The van der Waals surface area contributed by atoms with Crippen molar-refractivity contribution >= 4 is 17.7 Å². The highest BCUT2D eigenvalue weighted by atomic mass is 16.6. The second-order valence-corrected chi connectivity index (χ2v) is 8.23. The maximum Gasteiger partial charge on any atom is 0.330 e. The van der Waals surface area contributed by atoms with Crippen LogP contribution in [0, 0.1) is 29.1 Å². The van der Waals surface area contributed by atoms with Gasteiger partial charge >= 0.3 is 11.9 Å². The smallest absolute Gasteiger partial charge is 0.330 e. The molecule has 8 atom stereocenters. The lowest BCUT2D eigenvalue weighted by atomic mass is 9.66. The molecule has 0 aromatic heterocycles. The zero-order valence-electron chi connectivity index (χ0n) is 15.8. The molecular formula is C20H26O6. The first-order chi connectivity index (χ1) is 12.1. The molecule has 1 heterocycles. The number of aliphatic hydroxyl groups is 1. The minimum Gasteiger partial charge on any atom is -0.459 e. The Morgan fingerprint density at radius 1 is 1.31 bits per heavy atom. The van der Waals surface area contributed by atoms with Crippen molar-refractivity contribution in [3.63, 3.8) is 0 Å². The average Bonchev–Trinajstić information content (AvgIpc) is 2.99. The van der Waals surface area contributed by atoms with E-state index in [0.29, 0.717) is 0 Å². The Morgan fingerprint density at radius 3 is 2.58 bits per heavy atom. The van der Waals surface area contributed by atoms with Crippen molar-refractivity contribution in [1.29, 1.82) is 0 Å². The summed E-state index contributed by atoms with van der Waals surface area (Å²) in [4.78, 5) is 37.4. The summed E-state index contributed by atoms with van der Waals surface area (Å²) in [5.41, 5.74) is -0.259. The zero-order chi connectivity index (χ0) is 19.4. The van der Waals surface area contributed by atoms with Gasteiger partial charge in [-0.25, -0.2) is 4.79 Å². The molecule has 26 heavy (non-hydrogen) atoms. The lowest BCUT2D eigenvalue weighted by Crippen LogP contribution is -2.50. The van der Waals surface area contributed by atoms with Crippen LogP contribution in [0.5, 0.6) is 0 Å². The maximum atomic E-state index is 12.8. The third-order valence-electron chi connectivity index (χ3n) is 6.29. The van der Waals surface area contributed by atoms with Gasteiger partial charge in [0.25, 0.3) is 0 Å². The molecule has 0 aromatic carbocycles.